The Bertz CT molecular complexity index is 234. The van der Waals surface area contributed by atoms with E-state index in [9.17, 15) is 5.11 Å². The van der Waals surface area contributed by atoms with E-state index in [1.807, 2.05) is 0 Å². The number of fused-ring (bicyclic) bond motifs is 1. The van der Waals surface area contributed by atoms with Gasteiger partial charge in [-0.1, -0.05) is 12.8 Å². The van der Waals surface area contributed by atoms with Gasteiger partial charge in [0.2, 0.25) is 0 Å². The lowest BCUT2D eigenvalue weighted by molar-refractivity contribution is -0.0954. The first-order valence-corrected chi connectivity index (χ1v) is 7.18. The quantitative estimate of drug-likeness (QED) is 0.748. The van der Waals surface area contributed by atoms with Gasteiger partial charge >= 0.3 is 0 Å². The monoisotopic (exact) mass is 241 g/mol. The van der Waals surface area contributed by atoms with E-state index in [4.69, 9.17) is 4.74 Å². The average molecular weight is 241 g/mol. The summed E-state index contributed by atoms with van der Waals surface area (Å²) in [6.07, 6.45) is 8.16. The van der Waals surface area contributed by atoms with E-state index in [2.05, 4.69) is 4.90 Å². The van der Waals surface area contributed by atoms with Gasteiger partial charge in [0.15, 0.2) is 0 Å². The highest BCUT2D eigenvalue weighted by Gasteiger charge is 2.42. The number of unbranched alkanes of at least 4 members (excludes halogenated alkanes) is 1. The summed E-state index contributed by atoms with van der Waals surface area (Å²) in [6, 6.07) is 0. The number of hydrogen-bond donors (Lipinski definition) is 1. The van der Waals surface area contributed by atoms with Crippen LogP contribution in [0.1, 0.15) is 44.9 Å². The number of likely N-dealkylation sites (tertiary alicyclic amines) is 1. The molecule has 2 aliphatic rings. The van der Waals surface area contributed by atoms with Crippen LogP contribution >= 0.6 is 0 Å². The van der Waals surface area contributed by atoms with Gasteiger partial charge in [-0.2, -0.15) is 0 Å². The van der Waals surface area contributed by atoms with Gasteiger partial charge < -0.3 is 14.7 Å². The molecule has 1 aliphatic heterocycles. The largest absolute Gasteiger partial charge is 0.390 e. The Morgan fingerprint density at radius 2 is 2.18 bits per heavy atom. The van der Waals surface area contributed by atoms with Crippen LogP contribution < -0.4 is 0 Å². The van der Waals surface area contributed by atoms with Crippen LogP contribution in [-0.2, 0) is 4.74 Å². The minimum atomic E-state index is -0.318. The minimum absolute atomic E-state index is 0.318. The summed E-state index contributed by atoms with van der Waals surface area (Å²) in [4.78, 5) is 2.54. The Morgan fingerprint density at radius 3 is 3.00 bits per heavy atom. The van der Waals surface area contributed by atoms with E-state index < -0.39 is 0 Å². The first kappa shape index (κ1) is 13.3. The van der Waals surface area contributed by atoms with E-state index in [-0.39, 0.29) is 5.60 Å². The van der Waals surface area contributed by atoms with Gasteiger partial charge in [0, 0.05) is 32.7 Å². The van der Waals surface area contributed by atoms with Gasteiger partial charge in [-0.15, -0.1) is 0 Å². The van der Waals surface area contributed by atoms with Crippen molar-refractivity contribution in [2.24, 2.45) is 5.92 Å². The van der Waals surface area contributed by atoms with Crippen molar-refractivity contribution in [2.75, 3.05) is 33.4 Å². The SMILES string of the molecule is COCCCCN1CCC2(O)CCCCC2C1. The van der Waals surface area contributed by atoms with Crippen molar-refractivity contribution < 1.29 is 9.84 Å². The maximum Gasteiger partial charge on any atom is 0.0700 e. The van der Waals surface area contributed by atoms with Crippen LogP contribution in [0, 0.1) is 5.92 Å². The van der Waals surface area contributed by atoms with Crippen molar-refractivity contribution in [1.29, 1.82) is 0 Å². The lowest BCUT2D eigenvalue weighted by Crippen LogP contribution is -2.53. The fourth-order valence-corrected chi connectivity index (χ4v) is 3.42. The van der Waals surface area contributed by atoms with Gasteiger partial charge in [-0.05, 0) is 38.6 Å². The van der Waals surface area contributed by atoms with E-state index >= 15 is 0 Å². The standard InChI is InChI=1S/C14H27NO2/c1-17-11-5-4-9-15-10-8-14(16)7-3-2-6-13(14)12-15/h13,16H,2-12H2,1H3. The Morgan fingerprint density at radius 1 is 1.29 bits per heavy atom. The van der Waals surface area contributed by atoms with Crippen LogP contribution in [0.2, 0.25) is 0 Å². The Labute approximate surface area is 105 Å². The third-order valence-corrected chi connectivity index (χ3v) is 4.58. The topological polar surface area (TPSA) is 32.7 Å². The van der Waals surface area contributed by atoms with Crippen molar-refractivity contribution in [3.05, 3.63) is 0 Å². The second-order valence-electron chi connectivity index (χ2n) is 5.80. The maximum absolute atomic E-state index is 10.6. The molecule has 1 saturated heterocycles. The number of aliphatic hydroxyl groups is 1. The van der Waals surface area contributed by atoms with E-state index in [0.717, 1.165) is 39.0 Å². The van der Waals surface area contributed by atoms with Crippen molar-refractivity contribution in [1.82, 2.24) is 4.90 Å². The predicted octanol–water partition coefficient (Wildman–Crippen LogP) is 2.04. The summed E-state index contributed by atoms with van der Waals surface area (Å²) in [5.41, 5.74) is -0.318. The Hall–Kier alpha value is -0.120. The molecular formula is C14H27NO2. The number of rotatable bonds is 5. The third kappa shape index (κ3) is 3.43. The van der Waals surface area contributed by atoms with Crippen LogP contribution in [0.25, 0.3) is 0 Å². The summed E-state index contributed by atoms with van der Waals surface area (Å²) in [5.74, 6) is 0.535. The van der Waals surface area contributed by atoms with Gasteiger partial charge in [-0.3, -0.25) is 0 Å². The van der Waals surface area contributed by atoms with Gasteiger partial charge in [0.05, 0.1) is 5.60 Å². The molecule has 3 nitrogen and oxygen atoms in total. The molecule has 2 unspecified atom stereocenters. The first-order valence-electron chi connectivity index (χ1n) is 7.18. The zero-order chi connectivity index (χ0) is 12.1. The van der Waals surface area contributed by atoms with Gasteiger partial charge in [-0.25, -0.2) is 0 Å². The first-order chi connectivity index (χ1) is 8.24. The molecule has 1 N–H and O–H groups in total. The highest BCUT2D eigenvalue weighted by atomic mass is 16.5. The normalized spacial score (nSPS) is 34.6. The van der Waals surface area contributed by atoms with E-state index in [1.165, 1.54) is 32.2 Å². The summed E-state index contributed by atoms with van der Waals surface area (Å²) in [5, 5.41) is 10.6. The molecule has 0 bridgehead atoms. The molecule has 17 heavy (non-hydrogen) atoms. The molecule has 0 aromatic heterocycles. The minimum Gasteiger partial charge on any atom is -0.390 e. The number of nitrogens with zero attached hydrogens (tertiary/aromatic N) is 1. The highest BCUT2D eigenvalue weighted by Crippen LogP contribution is 2.39. The number of methoxy groups -OCH3 is 1. The van der Waals surface area contributed by atoms with Crippen LogP contribution in [0.3, 0.4) is 0 Å². The predicted molar refractivity (Wildman–Crippen MR) is 69.1 cm³/mol. The molecule has 2 fully saturated rings. The molecule has 1 saturated carbocycles. The van der Waals surface area contributed by atoms with Crippen LogP contribution in [0.15, 0.2) is 0 Å². The Kier molecular flexibility index (Phi) is 4.83. The lowest BCUT2D eigenvalue weighted by Gasteiger charge is -2.47. The molecule has 3 heteroatoms. The van der Waals surface area contributed by atoms with E-state index in [1.54, 1.807) is 7.11 Å². The second kappa shape index (κ2) is 6.17. The molecule has 0 amide bonds. The van der Waals surface area contributed by atoms with Crippen LogP contribution in [0.5, 0.6) is 0 Å². The van der Waals surface area contributed by atoms with Crippen molar-refractivity contribution >= 4 is 0 Å². The maximum atomic E-state index is 10.6. The smallest absolute Gasteiger partial charge is 0.0700 e. The van der Waals surface area contributed by atoms with Crippen molar-refractivity contribution in [3.63, 3.8) is 0 Å². The molecule has 2 atom stereocenters. The van der Waals surface area contributed by atoms with Crippen molar-refractivity contribution in [3.8, 4) is 0 Å². The van der Waals surface area contributed by atoms with Gasteiger partial charge in [0.1, 0.15) is 0 Å². The molecule has 0 aromatic rings. The number of piperidine rings is 1. The molecule has 2 rings (SSSR count). The molecular weight excluding hydrogens is 214 g/mol. The number of ether oxygens (including phenoxy) is 1. The summed E-state index contributed by atoms with van der Waals surface area (Å²) in [6.45, 7) is 4.25. The second-order valence-corrected chi connectivity index (χ2v) is 5.80. The molecule has 0 radical (unpaired) electrons. The zero-order valence-corrected chi connectivity index (χ0v) is 11.2. The molecule has 0 aromatic carbocycles. The third-order valence-electron chi connectivity index (χ3n) is 4.58. The summed E-state index contributed by atoms with van der Waals surface area (Å²) < 4.78 is 5.07. The fourth-order valence-electron chi connectivity index (χ4n) is 3.42. The van der Waals surface area contributed by atoms with Gasteiger partial charge in [0.25, 0.3) is 0 Å². The van der Waals surface area contributed by atoms with Crippen LogP contribution in [0.4, 0.5) is 0 Å². The lowest BCUT2D eigenvalue weighted by atomic mass is 9.71. The fraction of sp³-hybridized carbons (Fsp3) is 1.00. The average Bonchev–Trinajstić information content (AvgIpc) is 2.34. The Balaban J connectivity index is 1.73. The van der Waals surface area contributed by atoms with Crippen molar-refractivity contribution in [2.45, 2.75) is 50.5 Å². The molecule has 1 aliphatic carbocycles. The summed E-state index contributed by atoms with van der Waals surface area (Å²) in [7, 11) is 1.77. The van der Waals surface area contributed by atoms with Crippen LogP contribution in [-0.4, -0.2) is 49.0 Å². The molecule has 100 valence electrons. The zero-order valence-electron chi connectivity index (χ0n) is 11.2. The summed E-state index contributed by atoms with van der Waals surface area (Å²) >= 11 is 0. The number of hydrogen-bond acceptors (Lipinski definition) is 3. The highest BCUT2D eigenvalue weighted by molar-refractivity contribution is 4.95. The molecule has 0 spiro atoms. The molecule has 1 heterocycles. The van der Waals surface area contributed by atoms with E-state index in [0.29, 0.717) is 5.92 Å².